The van der Waals surface area contributed by atoms with Gasteiger partial charge in [0, 0.05) is 0 Å². The fraction of sp³-hybridized carbons (Fsp3) is 0.217. The van der Waals surface area contributed by atoms with E-state index < -0.39 is 0 Å². The van der Waals surface area contributed by atoms with Gasteiger partial charge in [0.25, 0.3) is 0 Å². The zero-order valence-corrected chi connectivity index (χ0v) is 23.2. The predicted octanol–water partition coefficient (Wildman–Crippen LogP) is 6.55. The van der Waals surface area contributed by atoms with Gasteiger partial charge in [0.2, 0.25) is 0 Å². The van der Waals surface area contributed by atoms with E-state index in [4.69, 9.17) is 27.4 Å². The number of thiocarbonyl (C=S) groups is 1. The van der Waals surface area contributed by atoms with Crippen LogP contribution in [0.1, 0.15) is 19.8 Å². The summed E-state index contributed by atoms with van der Waals surface area (Å²) in [4.78, 5) is 4.44. The number of nitrogens with two attached hydrogens (primary N) is 1. The molecule has 32 heavy (non-hydrogen) atoms. The van der Waals surface area contributed by atoms with Crippen molar-refractivity contribution >= 4 is 78.2 Å². The number of ether oxygens (including phenoxy) is 2. The van der Waals surface area contributed by atoms with Crippen LogP contribution < -0.4 is 25.8 Å². The summed E-state index contributed by atoms with van der Waals surface area (Å²) in [5.41, 5.74) is 8.27. The third kappa shape index (κ3) is 7.07. The number of nitrogens with one attached hydrogen (secondary N) is 2. The monoisotopic (exact) mass is 676 g/mol. The molecular weight excluding hydrogens is 650 g/mol. The SMILES string of the molecule is CCCC[IH]c1ccc(N)c(NC(=S)Nc2ccc(OC)nc2Oc2ccccc2I)c1. The standard InChI is InChI=1S/C23H26I2N4O2S/c1-3-4-13-25-15-9-10-17(26)19(14-15)28-23(32)27-18-11-12-21(30-2)29-22(18)31-20-8-6-5-7-16(20)24/h5-12,14,25H,3-4,13,26H2,1-2H3,(H2,27,28,32). The van der Waals surface area contributed by atoms with E-state index in [1.807, 2.05) is 36.4 Å². The van der Waals surface area contributed by atoms with Crippen molar-refractivity contribution in [2.45, 2.75) is 19.8 Å². The Morgan fingerprint density at radius 1 is 1.12 bits per heavy atom. The van der Waals surface area contributed by atoms with Gasteiger partial charge in [-0.05, 0) is 0 Å². The molecule has 6 nitrogen and oxygen atoms in total. The Hall–Kier alpha value is -1.86. The van der Waals surface area contributed by atoms with E-state index >= 15 is 0 Å². The van der Waals surface area contributed by atoms with E-state index in [1.54, 1.807) is 13.2 Å². The second kappa shape index (κ2) is 12.4. The minimum atomic E-state index is -0.221. The number of rotatable bonds is 9. The third-order valence-electron chi connectivity index (χ3n) is 4.37. The van der Waals surface area contributed by atoms with Crippen LogP contribution >= 0.6 is 56.0 Å². The van der Waals surface area contributed by atoms with Crippen LogP contribution in [0.5, 0.6) is 17.5 Å². The van der Waals surface area contributed by atoms with E-state index in [0.717, 1.165) is 9.26 Å². The second-order valence-corrected chi connectivity index (χ2v) is 11.7. The van der Waals surface area contributed by atoms with Crippen molar-refractivity contribution in [3.05, 3.63) is 61.7 Å². The van der Waals surface area contributed by atoms with E-state index in [9.17, 15) is 0 Å². The van der Waals surface area contributed by atoms with Crippen LogP contribution in [0.25, 0.3) is 0 Å². The van der Waals surface area contributed by atoms with E-state index in [0.29, 0.717) is 34.0 Å². The van der Waals surface area contributed by atoms with Gasteiger partial charge in [-0.2, -0.15) is 0 Å². The summed E-state index contributed by atoms with van der Waals surface area (Å²) in [5, 5.41) is 6.80. The van der Waals surface area contributed by atoms with E-state index in [2.05, 4.69) is 57.3 Å². The molecule has 4 N–H and O–H groups in total. The molecule has 0 saturated heterocycles. The zero-order chi connectivity index (χ0) is 22.9. The normalized spacial score (nSPS) is 10.6. The molecule has 1 heterocycles. The van der Waals surface area contributed by atoms with E-state index in [1.165, 1.54) is 20.8 Å². The number of unbranched alkanes of at least 4 members (excludes halogenated alkanes) is 1. The topological polar surface area (TPSA) is 81.4 Å². The summed E-state index contributed by atoms with van der Waals surface area (Å²) in [6.07, 6.45) is 2.49. The molecule has 0 saturated carbocycles. The van der Waals surface area contributed by atoms with Crippen LogP contribution in [0.2, 0.25) is 0 Å². The predicted molar refractivity (Wildman–Crippen MR) is 155 cm³/mol. The first-order chi connectivity index (χ1) is 15.5. The summed E-state index contributed by atoms with van der Waals surface area (Å²) in [6.45, 7) is 2.22. The molecule has 0 bridgehead atoms. The number of hydrogen-bond donors (Lipinski definition) is 3. The Kier molecular flexibility index (Phi) is 9.60. The second-order valence-electron chi connectivity index (χ2n) is 6.77. The number of hydrogen-bond acceptors (Lipinski definition) is 5. The first-order valence-electron chi connectivity index (χ1n) is 10.1. The van der Waals surface area contributed by atoms with Gasteiger partial charge in [-0.1, -0.05) is 6.07 Å². The molecule has 1 aromatic heterocycles. The summed E-state index contributed by atoms with van der Waals surface area (Å²) >= 11 is 7.56. The van der Waals surface area contributed by atoms with Crippen molar-refractivity contribution in [2.75, 3.05) is 27.9 Å². The maximum atomic E-state index is 6.18. The molecule has 0 atom stereocenters. The average molecular weight is 676 g/mol. The van der Waals surface area contributed by atoms with Crippen LogP contribution in [0.3, 0.4) is 0 Å². The van der Waals surface area contributed by atoms with Crippen molar-refractivity contribution in [3.63, 3.8) is 0 Å². The summed E-state index contributed by atoms with van der Waals surface area (Å²) in [5.74, 6) is 1.51. The minimum absolute atomic E-state index is 0.221. The third-order valence-corrected chi connectivity index (χ3v) is 8.55. The molecule has 0 aliphatic carbocycles. The Bertz CT molecular complexity index is 1080. The summed E-state index contributed by atoms with van der Waals surface area (Å²) in [7, 11) is 1.57. The Morgan fingerprint density at radius 2 is 1.91 bits per heavy atom. The number of benzene rings is 2. The van der Waals surface area contributed by atoms with Gasteiger partial charge in [0.15, 0.2) is 0 Å². The fourth-order valence-corrected chi connectivity index (χ4v) is 6.35. The molecule has 0 fully saturated rings. The van der Waals surface area contributed by atoms with Crippen molar-refractivity contribution in [1.82, 2.24) is 4.98 Å². The molecule has 3 aromatic rings. The van der Waals surface area contributed by atoms with Crippen LogP contribution in [-0.2, 0) is 0 Å². The van der Waals surface area contributed by atoms with Gasteiger partial charge < -0.3 is 0 Å². The number of aromatic nitrogens is 1. The Labute approximate surface area is 218 Å². The number of halogens is 2. The number of methoxy groups -OCH3 is 1. The van der Waals surface area contributed by atoms with E-state index in [-0.39, 0.29) is 21.2 Å². The number of anilines is 3. The quantitative estimate of drug-likeness (QED) is 0.0781. The number of nitrogen functional groups attached to an aromatic ring is 1. The maximum absolute atomic E-state index is 6.18. The first-order valence-corrected chi connectivity index (χ1v) is 14.4. The van der Waals surface area contributed by atoms with Crippen molar-refractivity contribution < 1.29 is 9.47 Å². The van der Waals surface area contributed by atoms with Gasteiger partial charge >= 0.3 is 213 Å². The van der Waals surface area contributed by atoms with Crippen molar-refractivity contribution in [3.8, 4) is 17.5 Å². The van der Waals surface area contributed by atoms with Gasteiger partial charge in [-0.25, -0.2) is 0 Å². The van der Waals surface area contributed by atoms with Crippen LogP contribution in [-0.4, -0.2) is 21.6 Å². The molecule has 0 amide bonds. The average Bonchev–Trinajstić information content (AvgIpc) is 2.78. The molecule has 0 aliphatic heterocycles. The van der Waals surface area contributed by atoms with Gasteiger partial charge in [0.05, 0.1) is 0 Å². The molecule has 9 heteroatoms. The first kappa shape index (κ1) is 24.8. The van der Waals surface area contributed by atoms with Crippen molar-refractivity contribution in [2.24, 2.45) is 0 Å². The van der Waals surface area contributed by atoms with Crippen LogP contribution in [0.15, 0.2) is 54.6 Å². The van der Waals surface area contributed by atoms with Crippen molar-refractivity contribution in [1.29, 1.82) is 0 Å². The molecule has 0 spiro atoms. The number of nitrogens with zero attached hydrogens (tertiary/aromatic N) is 1. The van der Waals surface area contributed by atoms with Gasteiger partial charge in [-0.3, -0.25) is 0 Å². The molecule has 0 unspecified atom stereocenters. The molecule has 3 rings (SSSR count). The Balaban J connectivity index is 1.76. The number of para-hydroxylation sites is 1. The summed E-state index contributed by atoms with van der Waals surface area (Å²) < 4.78 is 14.9. The van der Waals surface area contributed by atoms with Gasteiger partial charge in [0.1, 0.15) is 0 Å². The zero-order valence-electron chi connectivity index (χ0n) is 17.9. The molecule has 0 radical (unpaired) electrons. The summed E-state index contributed by atoms with van der Waals surface area (Å²) in [6, 6.07) is 17.5. The van der Waals surface area contributed by atoms with Crippen LogP contribution in [0, 0.1) is 7.14 Å². The van der Waals surface area contributed by atoms with Gasteiger partial charge in [-0.15, -0.1) is 0 Å². The van der Waals surface area contributed by atoms with Crippen LogP contribution in [0.4, 0.5) is 17.1 Å². The molecule has 0 aliphatic rings. The Morgan fingerprint density at radius 3 is 2.66 bits per heavy atom. The molecular formula is C23H26I2N4O2S. The molecule has 170 valence electrons. The fourth-order valence-electron chi connectivity index (χ4n) is 2.69. The number of pyridine rings is 1. The number of alkyl halides is 1. The molecule has 2 aromatic carbocycles.